The van der Waals surface area contributed by atoms with Gasteiger partial charge in [-0.1, -0.05) is 30.3 Å². The first kappa shape index (κ1) is 10.5. The highest BCUT2D eigenvalue weighted by Crippen LogP contribution is 2.12. The van der Waals surface area contributed by atoms with Gasteiger partial charge in [-0.05, 0) is 11.6 Å². The molecule has 0 radical (unpaired) electrons. The summed E-state index contributed by atoms with van der Waals surface area (Å²) in [5.74, 6) is -0.472. The van der Waals surface area contributed by atoms with Crippen molar-refractivity contribution >= 4 is 5.97 Å². The number of hydrogen-bond acceptors (Lipinski definition) is 3. The van der Waals surface area contributed by atoms with Crippen molar-refractivity contribution in [2.75, 3.05) is 7.11 Å². The standard InChI is InChI=1S/C11H12O3/c1-14-11(13)8-7-10(12)9-5-3-2-4-6-9/h2-8,10,12H,1H3. The Morgan fingerprint density at radius 3 is 2.64 bits per heavy atom. The molecule has 0 aliphatic heterocycles. The summed E-state index contributed by atoms with van der Waals surface area (Å²) in [5.41, 5.74) is 0.743. The number of rotatable bonds is 3. The quantitative estimate of drug-likeness (QED) is 0.582. The van der Waals surface area contributed by atoms with Crippen LogP contribution in [0.4, 0.5) is 0 Å². The first-order valence-corrected chi connectivity index (χ1v) is 4.23. The van der Waals surface area contributed by atoms with Crippen molar-refractivity contribution in [1.29, 1.82) is 0 Å². The monoisotopic (exact) mass is 192 g/mol. The number of hydrogen-bond donors (Lipinski definition) is 1. The lowest BCUT2D eigenvalue weighted by Gasteiger charge is -2.04. The Bertz CT molecular complexity index is 317. The molecule has 0 aliphatic rings. The van der Waals surface area contributed by atoms with Crippen LogP contribution in [0.1, 0.15) is 11.7 Å². The average molecular weight is 192 g/mol. The zero-order chi connectivity index (χ0) is 10.4. The summed E-state index contributed by atoms with van der Waals surface area (Å²) in [6.45, 7) is 0. The van der Waals surface area contributed by atoms with E-state index in [1.807, 2.05) is 18.2 Å². The van der Waals surface area contributed by atoms with Crippen LogP contribution in [0.25, 0.3) is 0 Å². The predicted molar refractivity (Wildman–Crippen MR) is 52.6 cm³/mol. The van der Waals surface area contributed by atoms with Crippen LogP contribution in [-0.4, -0.2) is 18.2 Å². The van der Waals surface area contributed by atoms with Gasteiger partial charge in [-0.3, -0.25) is 0 Å². The van der Waals surface area contributed by atoms with Gasteiger partial charge in [0.2, 0.25) is 0 Å². The van der Waals surface area contributed by atoms with Crippen LogP contribution in [0.3, 0.4) is 0 Å². The molecule has 0 bridgehead atoms. The van der Waals surface area contributed by atoms with Crippen molar-refractivity contribution in [2.24, 2.45) is 0 Å². The lowest BCUT2D eigenvalue weighted by molar-refractivity contribution is -0.134. The predicted octanol–water partition coefficient (Wildman–Crippen LogP) is 1.45. The Labute approximate surface area is 82.6 Å². The summed E-state index contributed by atoms with van der Waals surface area (Å²) in [4.78, 5) is 10.7. The lowest BCUT2D eigenvalue weighted by Crippen LogP contribution is -1.97. The molecule has 0 heterocycles. The molecule has 0 saturated carbocycles. The molecule has 1 rings (SSSR count). The molecule has 0 amide bonds. The largest absolute Gasteiger partial charge is 0.466 e. The van der Waals surface area contributed by atoms with Crippen LogP contribution < -0.4 is 0 Å². The SMILES string of the molecule is COC(=O)C=CC(O)c1ccccc1. The zero-order valence-electron chi connectivity index (χ0n) is 7.88. The average Bonchev–Trinajstić information content (AvgIpc) is 2.26. The van der Waals surface area contributed by atoms with E-state index in [2.05, 4.69) is 4.74 Å². The fourth-order valence-corrected chi connectivity index (χ4v) is 0.999. The molecular formula is C11H12O3. The van der Waals surface area contributed by atoms with E-state index in [1.54, 1.807) is 12.1 Å². The molecule has 1 atom stereocenters. The summed E-state index contributed by atoms with van der Waals surface area (Å²) in [7, 11) is 1.29. The van der Waals surface area contributed by atoms with E-state index in [4.69, 9.17) is 0 Å². The zero-order valence-corrected chi connectivity index (χ0v) is 7.88. The Hall–Kier alpha value is -1.61. The Morgan fingerprint density at radius 2 is 2.07 bits per heavy atom. The van der Waals surface area contributed by atoms with Crippen LogP contribution >= 0.6 is 0 Å². The lowest BCUT2D eigenvalue weighted by atomic mass is 10.1. The molecular weight excluding hydrogens is 180 g/mol. The minimum atomic E-state index is -0.768. The van der Waals surface area contributed by atoms with E-state index in [1.165, 1.54) is 19.3 Å². The minimum absolute atomic E-state index is 0.472. The van der Waals surface area contributed by atoms with Crippen molar-refractivity contribution < 1.29 is 14.6 Å². The van der Waals surface area contributed by atoms with Gasteiger partial charge in [-0.25, -0.2) is 4.79 Å². The van der Waals surface area contributed by atoms with Gasteiger partial charge in [0, 0.05) is 6.08 Å². The Kier molecular flexibility index (Phi) is 3.88. The van der Waals surface area contributed by atoms with Crippen molar-refractivity contribution in [2.45, 2.75) is 6.10 Å². The van der Waals surface area contributed by atoms with Gasteiger partial charge in [0.25, 0.3) is 0 Å². The molecule has 0 saturated heterocycles. The van der Waals surface area contributed by atoms with Gasteiger partial charge >= 0.3 is 5.97 Å². The number of esters is 1. The fourth-order valence-electron chi connectivity index (χ4n) is 0.999. The van der Waals surface area contributed by atoms with Crippen LogP contribution in [0.5, 0.6) is 0 Å². The normalized spacial score (nSPS) is 12.7. The molecule has 0 aromatic heterocycles. The number of carbonyl (C=O) groups is 1. The van der Waals surface area contributed by atoms with Crippen molar-refractivity contribution in [1.82, 2.24) is 0 Å². The molecule has 0 fully saturated rings. The number of methoxy groups -OCH3 is 1. The first-order valence-electron chi connectivity index (χ1n) is 4.23. The highest BCUT2D eigenvalue weighted by atomic mass is 16.5. The summed E-state index contributed by atoms with van der Waals surface area (Å²) in [6, 6.07) is 9.08. The second kappa shape index (κ2) is 5.19. The van der Waals surface area contributed by atoms with E-state index in [0.717, 1.165) is 5.56 Å². The molecule has 1 N–H and O–H groups in total. The molecule has 3 nitrogen and oxygen atoms in total. The topological polar surface area (TPSA) is 46.5 Å². The van der Waals surface area contributed by atoms with Gasteiger partial charge < -0.3 is 9.84 Å². The molecule has 74 valence electrons. The van der Waals surface area contributed by atoms with Crippen LogP contribution in [0.2, 0.25) is 0 Å². The van der Waals surface area contributed by atoms with E-state index in [9.17, 15) is 9.90 Å². The summed E-state index contributed by atoms with van der Waals surface area (Å²) < 4.78 is 4.40. The van der Waals surface area contributed by atoms with Crippen LogP contribution in [-0.2, 0) is 9.53 Å². The Balaban J connectivity index is 2.63. The van der Waals surface area contributed by atoms with Crippen LogP contribution in [0, 0.1) is 0 Å². The van der Waals surface area contributed by atoms with Crippen molar-refractivity contribution in [3.63, 3.8) is 0 Å². The molecule has 3 heteroatoms. The molecule has 1 unspecified atom stereocenters. The maximum Gasteiger partial charge on any atom is 0.330 e. The van der Waals surface area contributed by atoms with Gasteiger partial charge in [-0.2, -0.15) is 0 Å². The van der Waals surface area contributed by atoms with Gasteiger partial charge in [0.15, 0.2) is 0 Å². The number of ether oxygens (including phenoxy) is 1. The van der Waals surface area contributed by atoms with E-state index >= 15 is 0 Å². The number of carbonyl (C=O) groups excluding carboxylic acids is 1. The van der Waals surface area contributed by atoms with Gasteiger partial charge in [0.1, 0.15) is 0 Å². The highest BCUT2D eigenvalue weighted by Gasteiger charge is 2.02. The number of aliphatic hydroxyl groups excluding tert-OH is 1. The van der Waals surface area contributed by atoms with Crippen molar-refractivity contribution in [3.8, 4) is 0 Å². The molecule has 1 aromatic rings. The summed E-state index contributed by atoms with van der Waals surface area (Å²) in [6.07, 6.45) is 1.83. The minimum Gasteiger partial charge on any atom is -0.466 e. The molecule has 1 aromatic carbocycles. The third kappa shape index (κ3) is 3.03. The second-order valence-electron chi connectivity index (χ2n) is 2.74. The number of benzene rings is 1. The third-order valence-electron chi connectivity index (χ3n) is 1.76. The fraction of sp³-hybridized carbons (Fsp3) is 0.182. The second-order valence-corrected chi connectivity index (χ2v) is 2.74. The summed E-state index contributed by atoms with van der Waals surface area (Å²) >= 11 is 0. The van der Waals surface area contributed by atoms with Gasteiger partial charge in [0.05, 0.1) is 13.2 Å². The van der Waals surface area contributed by atoms with E-state index in [-0.39, 0.29) is 0 Å². The Morgan fingerprint density at radius 1 is 1.43 bits per heavy atom. The third-order valence-corrected chi connectivity index (χ3v) is 1.76. The maximum absolute atomic E-state index is 10.7. The van der Waals surface area contributed by atoms with Gasteiger partial charge in [-0.15, -0.1) is 0 Å². The molecule has 0 spiro atoms. The number of aliphatic hydroxyl groups is 1. The smallest absolute Gasteiger partial charge is 0.330 e. The summed E-state index contributed by atoms with van der Waals surface area (Å²) in [5, 5.41) is 9.57. The van der Waals surface area contributed by atoms with E-state index < -0.39 is 12.1 Å². The van der Waals surface area contributed by atoms with Crippen molar-refractivity contribution in [3.05, 3.63) is 48.0 Å². The maximum atomic E-state index is 10.7. The van der Waals surface area contributed by atoms with E-state index in [0.29, 0.717) is 0 Å². The first-order chi connectivity index (χ1) is 6.74. The van der Waals surface area contributed by atoms with Crippen LogP contribution in [0.15, 0.2) is 42.5 Å². The highest BCUT2D eigenvalue weighted by molar-refractivity contribution is 5.81. The molecule has 14 heavy (non-hydrogen) atoms. The molecule has 0 aliphatic carbocycles.